The van der Waals surface area contributed by atoms with Gasteiger partial charge in [-0.25, -0.2) is 0 Å². The molecular formula is C20H23Cl2N3O2. The summed E-state index contributed by atoms with van der Waals surface area (Å²) < 4.78 is 0. The summed E-state index contributed by atoms with van der Waals surface area (Å²) in [7, 11) is 0. The molecule has 2 aromatic rings. The van der Waals surface area contributed by atoms with Crippen LogP contribution in [0, 0.1) is 0 Å². The van der Waals surface area contributed by atoms with E-state index in [0.29, 0.717) is 33.5 Å². The summed E-state index contributed by atoms with van der Waals surface area (Å²) in [6.07, 6.45) is 3.48. The Morgan fingerprint density at radius 3 is 2.30 bits per heavy atom. The molecule has 0 aliphatic carbocycles. The summed E-state index contributed by atoms with van der Waals surface area (Å²) >= 11 is 11.9. The first-order valence-corrected chi connectivity index (χ1v) is 9.62. The number of halogens is 2. The fraction of sp³-hybridized carbons (Fsp3) is 0.300. The molecule has 0 aromatic heterocycles. The first-order chi connectivity index (χ1) is 13.0. The molecule has 2 amide bonds. The minimum atomic E-state index is -0.229. The Hall–Kier alpha value is -2.24. The number of carbonyl (C=O) groups is 2. The van der Waals surface area contributed by atoms with Crippen LogP contribution in [0.1, 0.15) is 32.6 Å². The predicted molar refractivity (Wildman–Crippen MR) is 113 cm³/mol. The minimum absolute atomic E-state index is 0.0222. The molecule has 144 valence electrons. The zero-order valence-electron chi connectivity index (χ0n) is 15.1. The number of anilines is 3. The molecule has 7 heteroatoms. The third-order valence-corrected chi connectivity index (χ3v) is 4.36. The number of carbonyl (C=O) groups excluding carboxylic acids is 2. The maximum atomic E-state index is 12.1. The molecule has 27 heavy (non-hydrogen) atoms. The Morgan fingerprint density at radius 1 is 0.926 bits per heavy atom. The van der Waals surface area contributed by atoms with Gasteiger partial charge in [0.1, 0.15) is 0 Å². The normalized spacial score (nSPS) is 10.3. The van der Waals surface area contributed by atoms with Crippen LogP contribution in [0.5, 0.6) is 0 Å². The second kappa shape index (κ2) is 10.8. The average molecular weight is 408 g/mol. The molecule has 0 fully saturated rings. The first kappa shape index (κ1) is 21.1. The summed E-state index contributed by atoms with van der Waals surface area (Å²) in [6, 6.07) is 12.1. The zero-order valence-corrected chi connectivity index (χ0v) is 16.7. The molecule has 0 saturated heterocycles. The molecule has 0 spiro atoms. The van der Waals surface area contributed by atoms with Crippen LogP contribution in [0.2, 0.25) is 10.0 Å². The summed E-state index contributed by atoms with van der Waals surface area (Å²) in [5.74, 6) is -0.251. The van der Waals surface area contributed by atoms with Crippen LogP contribution in [-0.2, 0) is 9.59 Å². The van der Waals surface area contributed by atoms with Crippen molar-refractivity contribution in [1.82, 2.24) is 0 Å². The van der Waals surface area contributed by atoms with Gasteiger partial charge in [-0.05, 0) is 42.8 Å². The van der Waals surface area contributed by atoms with Gasteiger partial charge in [0.05, 0.1) is 17.3 Å². The highest BCUT2D eigenvalue weighted by Crippen LogP contribution is 2.25. The van der Waals surface area contributed by atoms with E-state index in [4.69, 9.17) is 23.2 Å². The third kappa shape index (κ3) is 7.49. The molecule has 0 unspecified atom stereocenters. The highest BCUT2D eigenvalue weighted by atomic mass is 35.5. The lowest BCUT2D eigenvalue weighted by Crippen LogP contribution is -2.22. The van der Waals surface area contributed by atoms with E-state index >= 15 is 0 Å². The molecule has 2 rings (SSSR count). The monoisotopic (exact) mass is 407 g/mol. The quantitative estimate of drug-likeness (QED) is 0.476. The zero-order chi connectivity index (χ0) is 19.6. The minimum Gasteiger partial charge on any atom is -0.375 e. The Morgan fingerprint density at radius 2 is 1.63 bits per heavy atom. The number of amides is 2. The molecule has 0 bridgehead atoms. The molecule has 2 aromatic carbocycles. The highest BCUT2D eigenvalue weighted by molar-refractivity contribution is 6.36. The Bertz CT molecular complexity index is 797. The molecule has 3 N–H and O–H groups in total. The summed E-state index contributed by atoms with van der Waals surface area (Å²) in [5, 5.41) is 9.58. The lowest BCUT2D eigenvalue weighted by Gasteiger charge is -2.11. The van der Waals surface area contributed by atoms with Crippen LogP contribution in [-0.4, -0.2) is 18.4 Å². The van der Waals surface area contributed by atoms with Crippen molar-refractivity contribution in [1.29, 1.82) is 0 Å². The van der Waals surface area contributed by atoms with Gasteiger partial charge in [0.25, 0.3) is 0 Å². The number of benzene rings is 2. The average Bonchev–Trinajstić information content (AvgIpc) is 2.61. The Labute approximate surface area is 169 Å². The summed E-state index contributed by atoms with van der Waals surface area (Å²) in [6.45, 7) is 2.15. The van der Waals surface area contributed by atoms with Crippen molar-refractivity contribution in [2.24, 2.45) is 0 Å². The van der Waals surface area contributed by atoms with E-state index < -0.39 is 0 Å². The molecule has 0 heterocycles. The molecule has 0 radical (unpaired) electrons. The van der Waals surface area contributed by atoms with Gasteiger partial charge in [0.2, 0.25) is 11.8 Å². The van der Waals surface area contributed by atoms with E-state index in [1.54, 1.807) is 42.5 Å². The van der Waals surface area contributed by atoms with E-state index in [-0.39, 0.29) is 18.4 Å². The maximum Gasteiger partial charge on any atom is 0.243 e. The number of unbranched alkanes of at least 4 members (excludes halogenated alkanes) is 2. The van der Waals surface area contributed by atoms with Gasteiger partial charge in [0, 0.05) is 22.8 Å². The Kier molecular flexibility index (Phi) is 8.43. The molecular weight excluding hydrogens is 385 g/mol. The lowest BCUT2D eigenvalue weighted by molar-refractivity contribution is -0.116. The van der Waals surface area contributed by atoms with Crippen molar-refractivity contribution in [3.63, 3.8) is 0 Å². The van der Waals surface area contributed by atoms with E-state index in [2.05, 4.69) is 22.9 Å². The third-order valence-electron chi connectivity index (χ3n) is 3.81. The van der Waals surface area contributed by atoms with Crippen molar-refractivity contribution < 1.29 is 9.59 Å². The molecule has 0 saturated carbocycles. The van der Waals surface area contributed by atoms with Gasteiger partial charge in [-0.2, -0.15) is 0 Å². The van der Waals surface area contributed by atoms with E-state index in [0.717, 1.165) is 19.3 Å². The first-order valence-electron chi connectivity index (χ1n) is 8.86. The van der Waals surface area contributed by atoms with Crippen LogP contribution in [0.25, 0.3) is 0 Å². The van der Waals surface area contributed by atoms with Crippen molar-refractivity contribution in [3.8, 4) is 0 Å². The number of rotatable bonds is 9. The van der Waals surface area contributed by atoms with Gasteiger partial charge in [-0.1, -0.05) is 49.0 Å². The van der Waals surface area contributed by atoms with Gasteiger partial charge in [0.15, 0.2) is 0 Å². The van der Waals surface area contributed by atoms with Crippen LogP contribution >= 0.6 is 23.2 Å². The Balaban J connectivity index is 1.85. The van der Waals surface area contributed by atoms with E-state index in [1.165, 1.54) is 0 Å². The van der Waals surface area contributed by atoms with Gasteiger partial charge >= 0.3 is 0 Å². The van der Waals surface area contributed by atoms with Crippen molar-refractivity contribution in [3.05, 3.63) is 52.5 Å². The lowest BCUT2D eigenvalue weighted by atomic mass is 10.2. The van der Waals surface area contributed by atoms with Crippen LogP contribution in [0.3, 0.4) is 0 Å². The fourth-order valence-corrected chi connectivity index (χ4v) is 2.92. The van der Waals surface area contributed by atoms with E-state index in [9.17, 15) is 9.59 Å². The highest BCUT2D eigenvalue weighted by Gasteiger charge is 2.07. The molecule has 0 atom stereocenters. The van der Waals surface area contributed by atoms with Crippen molar-refractivity contribution in [2.45, 2.75) is 32.6 Å². The largest absolute Gasteiger partial charge is 0.375 e. The molecule has 0 aliphatic rings. The fourth-order valence-electron chi connectivity index (χ4n) is 2.45. The molecule has 5 nitrogen and oxygen atoms in total. The summed E-state index contributed by atoms with van der Waals surface area (Å²) in [5.41, 5.74) is 1.89. The number of nitrogens with one attached hydrogen (secondary N) is 3. The van der Waals surface area contributed by atoms with Gasteiger partial charge in [-0.3, -0.25) is 9.59 Å². The second-order valence-electron chi connectivity index (χ2n) is 6.11. The SMILES string of the molecule is CCCCCC(=O)Nc1cccc(NC(=O)CNc2ccc(Cl)cc2Cl)c1. The van der Waals surface area contributed by atoms with Crippen LogP contribution in [0.15, 0.2) is 42.5 Å². The molecule has 0 aliphatic heterocycles. The standard InChI is InChI=1S/C20H23Cl2N3O2/c1-2-3-4-8-19(26)24-15-6-5-7-16(12-15)25-20(27)13-23-18-10-9-14(21)11-17(18)22/h5-7,9-12,23H,2-4,8,13H2,1H3,(H,24,26)(H,25,27). The van der Waals surface area contributed by atoms with Crippen molar-refractivity contribution >= 4 is 52.1 Å². The van der Waals surface area contributed by atoms with Crippen LogP contribution < -0.4 is 16.0 Å². The maximum absolute atomic E-state index is 12.1. The van der Waals surface area contributed by atoms with Crippen LogP contribution in [0.4, 0.5) is 17.1 Å². The van der Waals surface area contributed by atoms with E-state index in [1.807, 2.05) is 0 Å². The predicted octanol–water partition coefficient (Wildman–Crippen LogP) is 5.56. The van der Waals surface area contributed by atoms with Gasteiger partial charge < -0.3 is 16.0 Å². The van der Waals surface area contributed by atoms with Gasteiger partial charge in [-0.15, -0.1) is 0 Å². The smallest absolute Gasteiger partial charge is 0.243 e. The topological polar surface area (TPSA) is 70.2 Å². The summed E-state index contributed by atoms with van der Waals surface area (Å²) in [4.78, 5) is 24.0. The number of hydrogen-bond donors (Lipinski definition) is 3. The second-order valence-corrected chi connectivity index (χ2v) is 6.96. The number of hydrogen-bond acceptors (Lipinski definition) is 3. The van der Waals surface area contributed by atoms with Crippen molar-refractivity contribution in [2.75, 3.05) is 22.5 Å².